The molecule has 0 radical (unpaired) electrons. The van der Waals surface area contributed by atoms with E-state index in [9.17, 15) is 0 Å². The highest BCUT2D eigenvalue weighted by molar-refractivity contribution is 5.89. The summed E-state index contributed by atoms with van der Waals surface area (Å²) in [5.41, 5.74) is 2.99. The van der Waals surface area contributed by atoms with Crippen molar-refractivity contribution in [1.29, 1.82) is 0 Å². The number of hydrogen-bond donors (Lipinski definition) is 0. The van der Waals surface area contributed by atoms with Crippen molar-refractivity contribution in [3.8, 4) is 5.88 Å². The van der Waals surface area contributed by atoms with Gasteiger partial charge in [-0.1, -0.05) is 5.16 Å². The third kappa shape index (κ3) is 5.69. The number of rotatable bonds is 9. The van der Waals surface area contributed by atoms with Crippen LogP contribution in [-0.4, -0.2) is 60.5 Å². The summed E-state index contributed by atoms with van der Waals surface area (Å²) in [6.07, 6.45) is 9.04. The van der Waals surface area contributed by atoms with Crippen LogP contribution in [0.5, 0.6) is 5.88 Å². The number of ether oxygens (including phenoxy) is 2. The van der Waals surface area contributed by atoms with E-state index in [1.54, 1.807) is 18.5 Å². The number of methoxy groups -OCH3 is 1. The van der Waals surface area contributed by atoms with Crippen molar-refractivity contribution in [3.05, 3.63) is 23.7 Å². The van der Waals surface area contributed by atoms with Gasteiger partial charge in [-0.2, -0.15) is 10.1 Å². The third-order valence-electron chi connectivity index (χ3n) is 7.62. The molecule has 5 rings (SSSR count). The molecule has 4 heterocycles. The Morgan fingerprint density at radius 2 is 2.06 bits per heavy atom. The Labute approximate surface area is 212 Å². The van der Waals surface area contributed by atoms with Gasteiger partial charge in [-0.15, -0.1) is 0 Å². The smallest absolute Gasteiger partial charge is 0.324 e. The van der Waals surface area contributed by atoms with Gasteiger partial charge < -0.3 is 18.9 Å². The minimum Gasteiger partial charge on any atom is -0.477 e. The Balaban J connectivity index is 1.05. The van der Waals surface area contributed by atoms with Crippen LogP contribution in [0.25, 0.3) is 0 Å². The summed E-state index contributed by atoms with van der Waals surface area (Å²) in [7, 11) is 1.65. The molecule has 1 aliphatic carbocycles. The summed E-state index contributed by atoms with van der Waals surface area (Å²) < 4.78 is 16.8. The molecule has 2 fully saturated rings. The topological polar surface area (TPSA) is 101 Å². The van der Waals surface area contributed by atoms with Crippen LogP contribution < -0.4 is 14.6 Å². The van der Waals surface area contributed by atoms with Gasteiger partial charge in [0.1, 0.15) is 12.4 Å². The molecular weight excluding hydrogens is 458 g/mol. The average Bonchev–Trinajstić information content (AvgIpc) is 3.56. The SMILES string of the molecule is COC(C)c1noc(N2CCC(C3CC3CCOc3ncc(N4C=NCCC(C)=N4)cc3C)CC2)n1. The zero-order chi connectivity index (χ0) is 25.1. The summed E-state index contributed by atoms with van der Waals surface area (Å²) in [4.78, 5) is 15.7. The van der Waals surface area contributed by atoms with E-state index in [0.717, 1.165) is 67.2 Å². The molecule has 0 bridgehead atoms. The van der Waals surface area contributed by atoms with Crippen molar-refractivity contribution >= 4 is 23.8 Å². The van der Waals surface area contributed by atoms with Crippen molar-refractivity contribution in [2.45, 2.75) is 59.0 Å². The lowest BCUT2D eigenvalue weighted by atomic mass is 9.90. The van der Waals surface area contributed by atoms with Crippen LogP contribution in [0.3, 0.4) is 0 Å². The maximum absolute atomic E-state index is 6.07. The molecule has 0 N–H and O–H groups in total. The molecule has 3 atom stereocenters. The first-order chi connectivity index (χ1) is 17.5. The lowest BCUT2D eigenvalue weighted by molar-refractivity contribution is 0.109. The van der Waals surface area contributed by atoms with Crippen LogP contribution in [0.4, 0.5) is 11.7 Å². The van der Waals surface area contributed by atoms with Gasteiger partial charge >= 0.3 is 6.01 Å². The van der Waals surface area contributed by atoms with Crippen molar-refractivity contribution in [1.82, 2.24) is 15.1 Å². The second kappa shape index (κ2) is 10.9. The summed E-state index contributed by atoms with van der Waals surface area (Å²) in [6.45, 7) is 9.40. The highest BCUT2D eigenvalue weighted by Gasteiger charge is 2.43. The number of anilines is 2. The van der Waals surface area contributed by atoms with Crippen LogP contribution in [0.1, 0.15) is 63.4 Å². The molecule has 3 aliphatic rings. The predicted octanol–water partition coefficient (Wildman–Crippen LogP) is 4.42. The Morgan fingerprint density at radius 3 is 2.83 bits per heavy atom. The molecule has 194 valence electrons. The van der Waals surface area contributed by atoms with E-state index in [1.807, 2.05) is 27.0 Å². The summed E-state index contributed by atoms with van der Waals surface area (Å²) in [6, 6.07) is 2.68. The second-order valence-corrected chi connectivity index (χ2v) is 10.2. The predicted molar refractivity (Wildman–Crippen MR) is 139 cm³/mol. The molecule has 1 saturated carbocycles. The second-order valence-electron chi connectivity index (χ2n) is 10.2. The average molecular weight is 496 g/mol. The number of nitrogens with zero attached hydrogens (tertiary/aromatic N) is 7. The first-order valence-corrected chi connectivity index (χ1v) is 13.1. The molecule has 2 aliphatic heterocycles. The first-order valence-electron chi connectivity index (χ1n) is 13.1. The van der Waals surface area contributed by atoms with Gasteiger partial charge in [0, 0.05) is 44.4 Å². The van der Waals surface area contributed by atoms with Crippen molar-refractivity contribution in [2.75, 3.05) is 43.3 Å². The molecule has 3 unspecified atom stereocenters. The van der Waals surface area contributed by atoms with Crippen LogP contribution in [-0.2, 0) is 4.74 Å². The number of piperidine rings is 1. The summed E-state index contributed by atoms with van der Waals surface area (Å²) >= 11 is 0. The Bertz CT molecular complexity index is 1090. The zero-order valence-corrected chi connectivity index (χ0v) is 21.8. The molecule has 36 heavy (non-hydrogen) atoms. The van der Waals surface area contributed by atoms with Gasteiger partial charge in [-0.3, -0.25) is 4.99 Å². The maximum atomic E-state index is 6.07. The molecule has 2 aromatic rings. The fourth-order valence-electron chi connectivity index (χ4n) is 5.20. The third-order valence-corrected chi connectivity index (χ3v) is 7.62. The van der Waals surface area contributed by atoms with Crippen LogP contribution in [0.2, 0.25) is 0 Å². The lowest BCUT2D eigenvalue weighted by Crippen LogP contribution is -2.34. The van der Waals surface area contributed by atoms with Crippen LogP contribution >= 0.6 is 0 Å². The quantitative estimate of drug-likeness (QED) is 0.504. The molecule has 10 heteroatoms. The molecule has 2 aromatic heterocycles. The number of aryl methyl sites for hydroxylation is 1. The Hall–Kier alpha value is -3.01. The molecular formula is C26H37N7O3. The number of aromatic nitrogens is 3. The largest absolute Gasteiger partial charge is 0.477 e. The highest BCUT2D eigenvalue weighted by Crippen LogP contribution is 2.50. The first kappa shape index (κ1) is 24.7. The van der Waals surface area contributed by atoms with Gasteiger partial charge in [0.25, 0.3) is 0 Å². The fraction of sp³-hybridized carbons (Fsp3) is 0.654. The fourth-order valence-corrected chi connectivity index (χ4v) is 5.20. The van der Waals surface area contributed by atoms with Crippen molar-refractivity contribution in [2.24, 2.45) is 27.8 Å². The van der Waals surface area contributed by atoms with Crippen molar-refractivity contribution < 1.29 is 14.0 Å². The van der Waals surface area contributed by atoms with Gasteiger partial charge in [0.15, 0.2) is 0 Å². The number of hydrazone groups is 1. The number of aliphatic imine (C=N–C) groups is 1. The van der Waals surface area contributed by atoms with Crippen LogP contribution in [0.15, 0.2) is 26.9 Å². The van der Waals surface area contributed by atoms with E-state index >= 15 is 0 Å². The molecule has 1 saturated heterocycles. The van der Waals surface area contributed by atoms with E-state index in [2.05, 4.69) is 36.2 Å². The zero-order valence-electron chi connectivity index (χ0n) is 21.8. The number of pyridine rings is 1. The van der Waals surface area contributed by atoms with Gasteiger partial charge in [-0.05, 0) is 70.3 Å². The molecule has 0 aromatic carbocycles. The van der Waals surface area contributed by atoms with E-state index in [-0.39, 0.29) is 6.10 Å². The highest BCUT2D eigenvalue weighted by atomic mass is 16.5. The molecule has 0 spiro atoms. The van der Waals surface area contributed by atoms with E-state index < -0.39 is 0 Å². The Kier molecular flexibility index (Phi) is 7.50. The van der Waals surface area contributed by atoms with Gasteiger partial charge in [0.05, 0.1) is 18.5 Å². The minimum atomic E-state index is -0.154. The standard InChI is InChI=1S/C26H37N7O3/c1-17-13-22(33-16-27-9-5-18(2)30-33)15-28-25(17)35-12-8-21-14-23(21)20-6-10-32(11-7-20)26-29-24(31-36-26)19(3)34-4/h13,15-16,19-21,23H,5-12,14H2,1-4H3. The normalized spacial score (nSPS) is 23.4. The van der Waals surface area contributed by atoms with Crippen molar-refractivity contribution in [3.63, 3.8) is 0 Å². The van der Waals surface area contributed by atoms with Gasteiger partial charge in [0.2, 0.25) is 11.7 Å². The van der Waals surface area contributed by atoms with E-state index in [0.29, 0.717) is 24.3 Å². The Morgan fingerprint density at radius 1 is 1.22 bits per heavy atom. The van der Waals surface area contributed by atoms with E-state index in [4.69, 9.17) is 14.0 Å². The summed E-state index contributed by atoms with van der Waals surface area (Å²) in [5, 5.41) is 10.4. The van der Waals surface area contributed by atoms with Crippen LogP contribution in [0, 0.1) is 24.7 Å². The minimum absolute atomic E-state index is 0.154. The van der Waals surface area contributed by atoms with Gasteiger partial charge in [-0.25, -0.2) is 9.99 Å². The molecule has 10 nitrogen and oxygen atoms in total. The number of hydrogen-bond acceptors (Lipinski definition) is 10. The lowest BCUT2D eigenvalue weighted by Gasteiger charge is -2.30. The van der Waals surface area contributed by atoms with E-state index in [1.165, 1.54) is 19.3 Å². The molecule has 0 amide bonds. The maximum Gasteiger partial charge on any atom is 0.324 e. The summed E-state index contributed by atoms with van der Waals surface area (Å²) in [5.74, 6) is 3.64. The monoisotopic (exact) mass is 495 g/mol.